The van der Waals surface area contributed by atoms with E-state index in [4.69, 9.17) is 28.7 Å². The largest absolute Gasteiger partial charge is 0.508 e. The first-order chi connectivity index (χ1) is 33.1. The maximum atomic E-state index is 14.2. The minimum Gasteiger partial charge on any atom is -0.508 e. The number of aliphatic carboxylic acids is 1. The van der Waals surface area contributed by atoms with Gasteiger partial charge in [0.2, 0.25) is 41.4 Å². The summed E-state index contributed by atoms with van der Waals surface area (Å²) < 4.78 is 0. The highest BCUT2D eigenvalue weighted by Gasteiger charge is 2.34. The number of aromatic hydroxyl groups is 1. The number of nitrogens with one attached hydrogen (secondary N) is 7. The molecule has 0 aliphatic carbocycles. The average Bonchev–Trinajstić information content (AvgIpc) is 3.30. The highest BCUT2D eigenvalue weighted by atomic mass is 16.4. The molecule has 19 N–H and O–H groups in total. The summed E-state index contributed by atoms with van der Waals surface area (Å²) in [4.78, 5) is 114. The molecule has 2 aromatic rings. The number of nitrogens with zero attached hydrogens (tertiary/aromatic N) is 2. The van der Waals surface area contributed by atoms with E-state index in [1.807, 2.05) is 0 Å². The van der Waals surface area contributed by atoms with Gasteiger partial charge in [0.25, 0.3) is 0 Å². The van der Waals surface area contributed by atoms with E-state index in [1.165, 1.54) is 12.1 Å². The van der Waals surface area contributed by atoms with E-state index < -0.39 is 103 Å². The van der Waals surface area contributed by atoms with Gasteiger partial charge in [-0.1, -0.05) is 76.6 Å². The first kappa shape index (κ1) is 58.6. The zero-order valence-electron chi connectivity index (χ0n) is 40.2. The molecule has 386 valence electrons. The van der Waals surface area contributed by atoms with Crippen LogP contribution in [0.5, 0.6) is 5.75 Å². The normalized spacial score (nSPS) is 13.9. The summed E-state index contributed by atoms with van der Waals surface area (Å²) in [6.45, 7) is 6.11. The number of rotatable bonds is 31. The predicted molar refractivity (Wildman–Crippen MR) is 262 cm³/mol. The summed E-state index contributed by atoms with van der Waals surface area (Å²) in [5, 5.41) is 37.3. The summed E-state index contributed by atoms with van der Waals surface area (Å²) in [6.07, 6.45) is 0.930. The van der Waals surface area contributed by atoms with Crippen molar-refractivity contribution in [2.45, 2.75) is 115 Å². The number of nitrogens with two attached hydrogens (primary N) is 5. The van der Waals surface area contributed by atoms with Gasteiger partial charge in [-0.2, -0.15) is 0 Å². The maximum Gasteiger partial charge on any atom is 0.326 e. The predicted octanol–water partition coefficient (Wildman–Crippen LogP) is -2.55. The Morgan fingerprint density at radius 2 is 1.07 bits per heavy atom. The van der Waals surface area contributed by atoms with Crippen LogP contribution in [-0.2, 0) is 51.2 Å². The van der Waals surface area contributed by atoms with Gasteiger partial charge >= 0.3 is 5.97 Å². The minimum absolute atomic E-state index is 0.0195. The summed E-state index contributed by atoms with van der Waals surface area (Å²) in [6, 6.07) is 7.40. The third-order valence-corrected chi connectivity index (χ3v) is 10.8. The maximum absolute atomic E-state index is 14.2. The highest BCUT2D eigenvalue weighted by Crippen LogP contribution is 2.13. The van der Waals surface area contributed by atoms with Crippen LogP contribution in [0, 0.1) is 11.8 Å². The number of phenols is 1. The number of benzene rings is 2. The number of carboxylic acid groups (broad SMARTS) is 1. The summed E-state index contributed by atoms with van der Waals surface area (Å²) in [5.74, 6) is -7.50. The standard InChI is InChI=1S/C46H72N14O10/c1-5-27(4)38(44(69)70)60-41(66)33(14-10-20-53-46(50)51)57-40(65)32(13-9-19-52-45(48)49)58-42(67)34(21-26(2)3)59-43(68)35(23-28-11-7-6-8-12-28)56-37(63)25-54-36(62)24-55-39(64)31(47)22-29-15-17-30(61)18-16-29/h6-8,11-12,15-18,26-27,31-35,38,61H,5,9-10,13-14,19-25,47H2,1-4H3,(H,54,62)(H,55,64)(H,56,63)(H,57,65)(H,58,67)(H,59,68)(H,60,66)(H,69,70)(H4,48,49,52)(H4,50,51,53)/t27-,31-,32-,33?,34-,35-,38-/m0/s1. The number of carbonyl (C=O) groups excluding carboxylic acids is 7. The average molecular weight is 981 g/mol. The fourth-order valence-electron chi connectivity index (χ4n) is 6.82. The molecular formula is C46H72N14O10. The smallest absolute Gasteiger partial charge is 0.326 e. The number of aliphatic imine (C=N–C) groups is 2. The van der Waals surface area contributed by atoms with E-state index in [0.717, 1.165) is 0 Å². The van der Waals surface area contributed by atoms with Crippen LogP contribution in [0.25, 0.3) is 0 Å². The van der Waals surface area contributed by atoms with Gasteiger partial charge in [0.05, 0.1) is 19.1 Å². The number of guanidine groups is 2. The Bertz CT molecular complexity index is 2100. The fraction of sp³-hybridized carbons (Fsp3) is 0.522. The number of hydrogen-bond acceptors (Lipinski definition) is 12. The van der Waals surface area contributed by atoms with Crippen molar-refractivity contribution in [1.82, 2.24) is 37.2 Å². The van der Waals surface area contributed by atoms with E-state index in [1.54, 1.807) is 70.2 Å². The molecule has 0 fully saturated rings. The molecular weight excluding hydrogens is 909 g/mol. The molecule has 24 nitrogen and oxygen atoms in total. The van der Waals surface area contributed by atoms with Crippen LogP contribution in [0.15, 0.2) is 64.6 Å². The first-order valence-electron chi connectivity index (χ1n) is 23.1. The SMILES string of the molecule is CC[C@H](C)[C@H](NC(=O)C(CCCN=C(N)N)NC(=O)[C@H](CCCN=C(N)N)NC(=O)[C@H](CC(C)C)NC(=O)[C@H](Cc1ccccc1)NC(=O)CNC(=O)CNC(=O)[C@@H](N)Cc1ccc(O)cc1)C(=O)O. The summed E-state index contributed by atoms with van der Waals surface area (Å²) in [5.41, 5.74) is 29.2. The van der Waals surface area contributed by atoms with Gasteiger partial charge in [-0.05, 0) is 73.6 Å². The molecule has 0 aromatic heterocycles. The number of amides is 7. The second-order valence-corrected chi connectivity index (χ2v) is 17.2. The summed E-state index contributed by atoms with van der Waals surface area (Å²) in [7, 11) is 0. The lowest BCUT2D eigenvalue weighted by Crippen LogP contribution is -2.59. The van der Waals surface area contributed by atoms with E-state index in [0.29, 0.717) is 17.5 Å². The molecule has 0 spiro atoms. The molecule has 0 radical (unpaired) electrons. The molecule has 24 heteroatoms. The zero-order chi connectivity index (χ0) is 52.3. The second kappa shape index (κ2) is 30.8. The van der Waals surface area contributed by atoms with Crippen LogP contribution < -0.4 is 65.9 Å². The fourth-order valence-corrected chi connectivity index (χ4v) is 6.82. The van der Waals surface area contributed by atoms with E-state index in [2.05, 4.69) is 47.2 Å². The van der Waals surface area contributed by atoms with Gasteiger partial charge < -0.3 is 76.1 Å². The van der Waals surface area contributed by atoms with Crippen LogP contribution in [0.1, 0.15) is 77.3 Å². The molecule has 0 saturated carbocycles. The molecule has 2 rings (SSSR count). The number of carboxylic acids is 1. The summed E-state index contributed by atoms with van der Waals surface area (Å²) >= 11 is 0. The van der Waals surface area contributed by atoms with Gasteiger partial charge in [0.15, 0.2) is 11.9 Å². The van der Waals surface area contributed by atoms with Gasteiger partial charge in [-0.25, -0.2) is 4.79 Å². The lowest BCUT2D eigenvalue weighted by Gasteiger charge is -2.28. The van der Waals surface area contributed by atoms with Crippen molar-refractivity contribution in [3.8, 4) is 5.75 Å². The molecule has 0 aliphatic heterocycles. The van der Waals surface area contributed by atoms with E-state index >= 15 is 0 Å². The number of carbonyl (C=O) groups is 8. The van der Waals surface area contributed by atoms with Crippen molar-refractivity contribution in [1.29, 1.82) is 0 Å². The quantitative estimate of drug-likeness (QED) is 0.0210. The molecule has 1 unspecified atom stereocenters. The van der Waals surface area contributed by atoms with Crippen LogP contribution in [-0.4, -0.2) is 132 Å². The molecule has 7 amide bonds. The molecule has 7 atom stereocenters. The van der Waals surface area contributed by atoms with Crippen molar-refractivity contribution in [3.63, 3.8) is 0 Å². The van der Waals surface area contributed by atoms with Crippen molar-refractivity contribution < 1.29 is 48.6 Å². The Kier molecular flexibility index (Phi) is 25.8. The Morgan fingerprint density at radius 1 is 0.586 bits per heavy atom. The van der Waals surface area contributed by atoms with Crippen molar-refractivity contribution in [2.24, 2.45) is 50.5 Å². The first-order valence-corrected chi connectivity index (χ1v) is 23.1. The molecule has 70 heavy (non-hydrogen) atoms. The zero-order valence-corrected chi connectivity index (χ0v) is 40.2. The lowest BCUT2D eigenvalue weighted by atomic mass is 9.98. The van der Waals surface area contributed by atoms with Crippen LogP contribution in [0.2, 0.25) is 0 Å². The third kappa shape index (κ3) is 23.0. The third-order valence-electron chi connectivity index (χ3n) is 10.8. The topological polar surface area (TPSA) is 416 Å². The molecule has 0 aliphatic rings. The Labute approximate surface area is 407 Å². The Hall–Kier alpha value is -7.50. The van der Waals surface area contributed by atoms with Gasteiger partial charge in [-0.15, -0.1) is 0 Å². The van der Waals surface area contributed by atoms with Crippen molar-refractivity contribution in [3.05, 3.63) is 65.7 Å². The van der Waals surface area contributed by atoms with Crippen molar-refractivity contribution in [2.75, 3.05) is 26.2 Å². The minimum atomic E-state index is -1.32. The van der Waals surface area contributed by atoms with Gasteiger partial charge in [0.1, 0.15) is 36.0 Å². The molecule has 0 heterocycles. The van der Waals surface area contributed by atoms with E-state index in [-0.39, 0.29) is 81.6 Å². The highest BCUT2D eigenvalue weighted by molar-refractivity contribution is 5.97. The van der Waals surface area contributed by atoms with Gasteiger partial charge in [0, 0.05) is 19.5 Å². The number of phenolic OH excluding ortho intramolecular Hbond substituents is 1. The molecule has 2 aromatic carbocycles. The van der Waals surface area contributed by atoms with E-state index in [9.17, 15) is 48.6 Å². The van der Waals surface area contributed by atoms with Gasteiger partial charge in [-0.3, -0.25) is 43.5 Å². The molecule has 0 bridgehead atoms. The number of hydrogen-bond donors (Lipinski definition) is 14. The van der Waals surface area contributed by atoms with Crippen molar-refractivity contribution >= 4 is 59.2 Å². The van der Waals surface area contributed by atoms with Crippen LogP contribution >= 0.6 is 0 Å². The van der Waals surface area contributed by atoms with Crippen LogP contribution in [0.3, 0.4) is 0 Å². The Balaban J connectivity index is 2.29. The second-order valence-electron chi connectivity index (χ2n) is 17.2. The Morgan fingerprint density at radius 3 is 1.59 bits per heavy atom. The lowest BCUT2D eigenvalue weighted by molar-refractivity contribution is -0.144. The monoisotopic (exact) mass is 981 g/mol. The van der Waals surface area contributed by atoms with Crippen LogP contribution in [0.4, 0.5) is 0 Å². The molecule has 0 saturated heterocycles.